The first-order chi connectivity index (χ1) is 15.6. The van der Waals surface area contributed by atoms with E-state index in [1.165, 1.54) is 10.4 Å². The molecule has 2 amide bonds. The lowest BCUT2D eigenvalue weighted by atomic mass is 9.91. The highest BCUT2D eigenvalue weighted by molar-refractivity contribution is 7.16. The lowest BCUT2D eigenvalue weighted by Gasteiger charge is -2.37. The van der Waals surface area contributed by atoms with Crippen LogP contribution in [0.4, 0.5) is 10.7 Å². The summed E-state index contributed by atoms with van der Waals surface area (Å²) < 4.78 is 0. The second kappa shape index (κ2) is 7.50. The smallest absolute Gasteiger partial charge is 0.260 e. The minimum absolute atomic E-state index is 0.109. The summed E-state index contributed by atoms with van der Waals surface area (Å²) in [5, 5.41) is 7.60. The number of halogens is 1. The molecule has 7 heteroatoms. The average molecular weight is 462 g/mol. The Morgan fingerprint density at radius 3 is 2.69 bits per heavy atom. The van der Waals surface area contributed by atoms with Crippen LogP contribution < -0.4 is 15.5 Å². The predicted octanol–water partition coefficient (Wildman–Crippen LogP) is 5.35. The maximum absolute atomic E-state index is 13.5. The number of benzene rings is 2. The molecule has 5 nitrogen and oxygen atoms in total. The molecule has 160 valence electrons. The number of amides is 2. The quantitative estimate of drug-likeness (QED) is 0.540. The van der Waals surface area contributed by atoms with Gasteiger partial charge < -0.3 is 15.5 Å². The van der Waals surface area contributed by atoms with Crippen LogP contribution in [0.5, 0.6) is 0 Å². The Bertz CT molecular complexity index is 1310. The fourth-order valence-corrected chi connectivity index (χ4v) is 6.34. The summed E-state index contributed by atoms with van der Waals surface area (Å²) in [5.74, 6) is 0.192. The predicted molar refractivity (Wildman–Crippen MR) is 128 cm³/mol. The van der Waals surface area contributed by atoms with Gasteiger partial charge in [0.1, 0.15) is 10.8 Å². The van der Waals surface area contributed by atoms with E-state index >= 15 is 0 Å². The van der Waals surface area contributed by atoms with Gasteiger partial charge in [-0.15, -0.1) is 11.3 Å². The summed E-state index contributed by atoms with van der Waals surface area (Å²) in [7, 11) is 0. The van der Waals surface area contributed by atoms with Crippen LogP contribution in [-0.2, 0) is 24.2 Å². The molecular formula is C25H20ClN3O2S. The van der Waals surface area contributed by atoms with Crippen molar-refractivity contribution in [3.05, 3.63) is 86.5 Å². The van der Waals surface area contributed by atoms with Crippen molar-refractivity contribution in [1.29, 1.82) is 0 Å². The van der Waals surface area contributed by atoms with Crippen LogP contribution in [0.3, 0.4) is 0 Å². The van der Waals surface area contributed by atoms with E-state index in [-0.39, 0.29) is 11.8 Å². The number of nitrogens with one attached hydrogen (secondary N) is 2. The molecule has 1 aliphatic carbocycles. The lowest BCUT2D eigenvalue weighted by Crippen LogP contribution is -2.44. The van der Waals surface area contributed by atoms with Gasteiger partial charge in [0.05, 0.1) is 17.7 Å². The zero-order valence-electron chi connectivity index (χ0n) is 17.2. The van der Waals surface area contributed by atoms with E-state index < -0.39 is 0 Å². The molecule has 2 N–H and O–H groups in total. The number of rotatable bonds is 2. The maximum atomic E-state index is 13.5. The first kappa shape index (κ1) is 19.6. The Morgan fingerprint density at radius 1 is 1.06 bits per heavy atom. The molecule has 3 heterocycles. The lowest BCUT2D eigenvalue weighted by molar-refractivity contribution is -0.111. The van der Waals surface area contributed by atoms with Crippen molar-refractivity contribution in [2.45, 2.75) is 32.2 Å². The minimum Gasteiger partial charge on any atom is -0.322 e. The van der Waals surface area contributed by atoms with Gasteiger partial charge in [-0.1, -0.05) is 35.9 Å². The SMILES string of the molecule is O=C(Nc1ccc(Cl)cc1)C1=C2NC(=O)c3c(sc4c3CCCC4)N2Cc2ccccc21. The van der Waals surface area contributed by atoms with Gasteiger partial charge in [-0.2, -0.15) is 0 Å². The highest BCUT2D eigenvalue weighted by atomic mass is 35.5. The van der Waals surface area contributed by atoms with Crippen LogP contribution in [0.15, 0.2) is 54.4 Å². The van der Waals surface area contributed by atoms with Gasteiger partial charge >= 0.3 is 0 Å². The van der Waals surface area contributed by atoms with Gasteiger partial charge in [-0.3, -0.25) is 9.59 Å². The van der Waals surface area contributed by atoms with E-state index in [1.54, 1.807) is 35.6 Å². The summed E-state index contributed by atoms with van der Waals surface area (Å²) in [6.45, 7) is 0.621. The number of hydrogen-bond acceptors (Lipinski definition) is 4. The van der Waals surface area contributed by atoms with E-state index in [9.17, 15) is 9.59 Å². The van der Waals surface area contributed by atoms with E-state index in [2.05, 4.69) is 15.5 Å². The number of aryl methyl sites for hydroxylation is 1. The molecule has 0 saturated heterocycles. The highest BCUT2D eigenvalue weighted by Gasteiger charge is 2.39. The van der Waals surface area contributed by atoms with Crippen molar-refractivity contribution < 1.29 is 9.59 Å². The van der Waals surface area contributed by atoms with Gasteiger partial charge in [0.2, 0.25) is 0 Å². The number of thiophene rings is 1. The molecule has 0 fully saturated rings. The van der Waals surface area contributed by atoms with Gasteiger partial charge in [0, 0.05) is 15.6 Å². The monoisotopic (exact) mass is 461 g/mol. The molecule has 0 unspecified atom stereocenters. The third-order valence-electron chi connectivity index (χ3n) is 6.31. The molecule has 6 rings (SSSR count). The van der Waals surface area contributed by atoms with E-state index in [0.717, 1.165) is 47.4 Å². The van der Waals surface area contributed by atoms with Crippen LogP contribution in [0.1, 0.15) is 44.8 Å². The van der Waals surface area contributed by atoms with Crippen molar-refractivity contribution in [3.8, 4) is 0 Å². The molecule has 0 radical (unpaired) electrons. The topological polar surface area (TPSA) is 61.4 Å². The molecule has 0 saturated carbocycles. The first-order valence-electron chi connectivity index (χ1n) is 10.7. The molecular weight excluding hydrogens is 442 g/mol. The average Bonchev–Trinajstić information content (AvgIpc) is 3.20. The number of carbonyl (C=O) groups excluding carboxylic acids is 2. The summed E-state index contributed by atoms with van der Waals surface area (Å²) >= 11 is 7.69. The summed E-state index contributed by atoms with van der Waals surface area (Å²) in [4.78, 5) is 30.2. The van der Waals surface area contributed by atoms with Crippen LogP contribution in [0.2, 0.25) is 5.02 Å². The highest BCUT2D eigenvalue weighted by Crippen LogP contribution is 2.46. The van der Waals surface area contributed by atoms with Gasteiger partial charge in [-0.05, 0) is 66.6 Å². The van der Waals surface area contributed by atoms with E-state index in [1.807, 2.05) is 24.3 Å². The normalized spacial score (nSPS) is 16.5. The van der Waals surface area contributed by atoms with Crippen molar-refractivity contribution in [3.63, 3.8) is 0 Å². The largest absolute Gasteiger partial charge is 0.322 e. The second-order valence-corrected chi connectivity index (χ2v) is 9.79. The van der Waals surface area contributed by atoms with Gasteiger partial charge in [0.15, 0.2) is 0 Å². The molecule has 0 bridgehead atoms. The zero-order chi connectivity index (χ0) is 21.8. The van der Waals surface area contributed by atoms with E-state index in [4.69, 9.17) is 11.6 Å². The van der Waals surface area contributed by atoms with Crippen LogP contribution in [0, 0.1) is 0 Å². The Morgan fingerprint density at radius 2 is 1.84 bits per heavy atom. The Hall–Kier alpha value is -3.09. The molecule has 2 aliphatic heterocycles. The fraction of sp³-hybridized carbons (Fsp3) is 0.200. The van der Waals surface area contributed by atoms with Crippen LogP contribution >= 0.6 is 22.9 Å². The number of carbonyl (C=O) groups is 2. The minimum atomic E-state index is -0.260. The Labute approximate surface area is 194 Å². The van der Waals surface area contributed by atoms with Crippen LogP contribution in [0.25, 0.3) is 5.57 Å². The molecule has 3 aliphatic rings. The number of hydrogen-bond donors (Lipinski definition) is 2. The molecule has 32 heavy (non-hydrogen) atoms. The fourth-order valence-electron chi connectivity index (χ4n) is 4.82. The van der Waals surface area contributed by atoms with Crippen molar-refractivity contribution >= 4 is 51.0 Å². The number of fused-ring (bicyclic) bond motifs is 6. The molecule has 0 atom stereocenters. The summed E-state index contributed by atoms with van der Waals surface area (Å²) in [6.07, 6.45) is 4.24. The van der Waals surface area contributed by atoms with Crippen molar-refractivity contribution in [2.75, 3.05) is 10.2 Å². The zero-order valence-corrected chi connectivity index (χ0v) is 18.8. The Balaban J connectivity index is 1.49. The first-order valence-corrected chi connectivity index (χ1v) is 11.9. The molecule has 0 spiro atoms. The third kappa shape index (κ3) is 3.05. The number of nitrogens with zero attached hydrogens (tertiary/aromatic N) is 1. The second-order valence-electron chi connectivity index (χ2n) is 8.27. The summed E-state index contributed by atoms with van der Waals surface area (Å²) in [5.41, 5.74) is 5.02. The third-order valence-corrected chi connectivity index (χ3v) is 7.87. The van der Waals surface area contributed by atoms with Crippen LogP contribution in [-0.4, -0.2) is 11.8 Å². The van der Waals surface area contributed by atoms with Crippen molar-refractivity contribution in [2.24, 2.45) is 0 Å². The number of anilines is 2. The Kier molecular flexibility index (Phi) is 4.59. The standard InChI is InChI=1S/C25H20ClN3O2S/c26-15-9-11-16(12-10-15)27-23(30)20-17-6-2-1-5-14(17)13-29-22(20)28-24(31)21-18-7-3-4-8-19(18)32-25(21)29/h1-2,5-6,9-12H,3-4,7-8,13H2,(H,27,30)(H,28,31). The molecule has 2 aromatic carbocycles. The summed E-state index contributed by atoms with van der Waals surface area (Å²) in [6, 6.07) is 14.9. The van der Waals surface area contributed by atoms with Gasteiger partial charge in [-0.25, -0.2) is 0 Å². The van der Waals surface area contributed by atoms with Gasteiger partial charge in [0.25, 0.3) is 11.8 Å². The maximum Gasteiger partial charge on any atom is 0.260 e. The molecule has 3 aromatic rings. The van der Waals surface area contributed by atoms with Crippen molar-refractivity contribution in [1.82, 2.24) is 5.32 Å². The van der Waals surface area contributed by atoms with E-state index in [0.29, 0.717) is 28.6 Å². The molecule has 1 aromatic heterocycles.